The van der Waals surface area contributed by atoms with Crippen LogP contribution in [0.4, 0.5) is 0 Å². The molecule has 0 aromatic rings. The standard InChI is InChI=1S/C9H19N3/c1-10-5-7-12-6-3-4-9(12)8-11-2/h8-10H,3-7H2,1-2H3. The molecular formula is C9H19N3. The zero-order chi connectivity index (χ0) is 8.81. The molecule has 3 nitrogen and oxygen atoms in total. The number of nitrogens with zero attached hydrogens (tertiary/aromatic N) is 2. The molecule has 1 N–H and O–H groups in total. The van der Waals surface area contributed by atoms with Crippen LogP contribution in [-0.4, -0.2) is 50.9 Å². The van der Waals surface area contributed by atoms with E-state index in [1.165, 1.54) is 19.4 Å². The number of rotatable bonds is 4. The summed E-state index contributed by atoms with van der Waals surface area (Å²) < 4.78 is 0. The summed E-state index contributed by atoms with van der Waals surface area (Å²) in [7, 11) is 3.85. The number of hydrogen-bond donors (Lipinski definition) is 1. The Morgan fingerprint density at radius 2 is 2.50 bits per heavy atom. The van der Waals surface area contributed by atoms with Gasteiger partial charge in [0.1, 0.15) is 0 Å². The molecule has 12 heavy (non-hydrogen) atoms. The molecule has 0 saturated carbocycles. The minimum absolute atomic E-state index is 0.600. The first-order valence-electron chi connectivity index (χ1n) is 4.69. The summed E-state index contributed by atoms with van der Waals surface area (Å²) in [6, 6.07) is 0.600. The highest BCUT2D eigenvalue weighted by atomic mass is 15.2. The lowest BCUT2D eigenvalue weighted by molar-refractivity contribution is 0.307. The summed E-state index contributed by atoms with van der Waals surface area (Å²) in [6.07, 6.45) is 4.67. The van der Waals surface area contributed by atoms with E-state index in [2.05, 4.69) is 21.4 Å². The Hall–Kier alpha value is -0.410. The molecule has 0 bridgehead atoms. The van der Waals surface area contributed by atoms with E-state index in [1.54, 1.807) is 0 Å². The Kier molecular flexibility index (Phi) is 4.25. The molecule has 1 unspecified atom stereocenters. The van der Waals surface area contributed by atoms with Crippen LogP contribution < -0.4 is 5.32 Å². The van der Waals surface area contributed by atoms with E-state index in [0.717, 1.165) is 13.1 Å². The van der Waals surface area contributed by atoms with Crippen LogP contribution in [0.1, 0.15) is 12.8 Å². The second kappa shape index (κ2) is 5.27. The Balaban J connectivity index is 2.30. The number of likely N-dealkylation sites (tertiary alicyclic amines) is 1. The smallest absolute Gasteiger partial charge is 0.0447 e. The van der Waals surface area contributed by atoms with E-state index in [-0.39, 0.29) is 0 Å². The van der Waals surface area contributed by atoms with Crippen molar-refractivity contribution in [3.8, 4) is 0 Å². The van der Waals surface area contributed by atoms with Crippen LogP contribution >= 0.6 is 0 Å². The van der Waals surface area contributed by atoms with Gasteiger partial charge in [-0.3, -0.25) is 9.89 Å². The van der Waals surface area contributed by atoms with Crippen LogP contribution in [0.2, 0.25) is 0 Å². The summed E-state index contributed by atoms with van der Waals surface area (Å²) in [5.41, 5.74) is 0. The second-order valence-electron chi connectivity index (χ2n) is 3.26. The SMILES string of the molecule is CN=CC1CCCN1CCNC. The van der Waals surface area contributed by atoms with Gasteiger partial charge < -0.3 is 5.32 Å². The zero-order valence-electron chi connectivity index (χ0n) is 8.08. The first-order valence-corrected chi connectivity index (χ1v) is 4.69. The molecule has 0 aromatic heterocycles. The predicted molar refractivity (Wildman–Crippen MR) is 52.9 cm³/mol. The quantitative estimate of drug-likeness (QED) is 0.616. The third-order valence-corrected chi connectivity index (χ3v) is 2.38. The van der Waals surface area contributed by atoms with Gasteiger partial charge in [0.15, 0.2) is 0 Å². The van der Waals surface area contributed by atoms with Crippen molar-refractivity contribution in [2.75, 3.05) is 33.7 Å². The maximum absolute atomic E-state index is 4.09. The van der Waals surface area contributed by atoms with E-state index in [9.17, 15) is 0 Å². The normalized spacial score (nSPS) is 25.7. The van der Waals surface area contributed by atoms with Crippen molar-refractivity contribution < 1.29 is 0 Å². The van der Waals surface area contributed by atoms with Crippen LogP contribution in [0.25, 0.3) is 0 Å². The molecule has 0 spiro atoms. The molecule has 1 rings (SSSR count). The van der Waals surface area contributed by atoms with Crippen molar-refractivity contribution in [2.24, 2.45) is 4.99 Å². The summed E-state index contributed by atoms with van der Waals surface area (Å²) >= 11 is 0. The molecule has 1 heterocycles. The molecule has 1 aliphatic heterocycles. The van der Waals surface area contributed by atoms with Crippen molar-refractivity contribution in [1.82, 2.24) is 10.2 Å². The van der Waals surface area contributed by atoms with Crippen LogP contribution in [0.5, 0.6) is 0 Å². The van der Waals surface area contributed by atoms with Gasteiger partial charge in [-0.1, -0.05) is 0 Å². The highest BCUT2D eigenvalue weighted by Gasteiger charge is 2.21. The maximum Gasteiger partial charge on any atom is 0.0447 e. The van der Waals surface area contributed by atoms with Crippen molar-refractivity contribution in [2.45, 2.75) is 18.9 Å². The van der Waals surface area contributed by atoms with Gasteiger partial charge in [0.2, 0.25) is 0 Å². The first kappa shape index (κ1) is 9.68. The van der Waals surface area contributed by atoms with Crippen LogP contribution in [0, 0.1) is 0 Å². The largest absolute Gasteiger partial charge is 0.318 e. The molecule has 1 saturated heterocycles. The maximum atomic E-state index is 4.09. The van der Waals surface area contributed by atoms with Gasteiger partial charge in [-0.2, -0.15) is 0 Å². The number of aliphatic imine (C=N–C) groups is 1. The van der Waals surface area contributed by atoms with Gasteiger partial charge >= 0.3 is 0 Å². The van der Waals surface area contributed by atoms with Crippen molar-refractivity contribution in [1.29, 1.82) is 0 Å². The number of hydrogen-bond acceptors (Lipinski definition) is 3. The highest BCUT2D eigenvalue weighted by molar-refractivity contribution is 5.64. The third-order valence-electron chi connectivity index (χ3n) is 2.38. The summed E-state index contributed by atoms with van der Waals surface area (Å²) in [5.74, 6) is 0. The fourth-order valence-corrected chi connectivity index (χ4v) is 1.73. The van der Waals surface area contributed by atoms with Crippen LogP contribution in [-0.2, 0) is 0 Å². The molecule has 70 valence electrons. The van der Waals surface area contributed by atoms with E-state index in [0.29, 0.717) is 6.04 Å². The van der Waals surface area contributed by atoms with Gasteiger partial charge in [0.05, 0.1) is 0 Å². The topological polar surface area (TPSA) is 27.6 Å². The Morgan fingerprint density at radius 3 is 3.17 bits per heavy atom. The molecule has 1 fully saturated rings. The minimum atomic E-state index is 0.600. The van der Waals surface area contributed by atoms with Crippen molar-refractivity contribution >= 4 is 6.21 Å². The van der Waals surface area contributed by atoms with Gasteiger partial charge in [0, 0.05) is 32.4 Å². The van der Waals surface area contributed by atoms with Crippen LogP contribution in [0.15, 0.2) is 4.99 Å². The lowest BCUT2D eigenvalue weighted by atomic mass is 10.2. The van der Waals surface area contributed by atoms with Crippen molar-refractivity contribution in [3.63, 3.8) is 0 Å². The minimum Gasteiger partial charge on any atom is -0.318 e. The molecule has 0 radical (unpaired) electrons. The Labute approximate surface area is 74.9 Å². The fourth-order valence-electron chi connectivity index (χ4n) is 1.73. The van der Waals surface area contributed by atoms with Crippen molar-refractivity contribution in [3.05, 3.63) is 0 Å². The number of nitrogens with one attached hydrogen (secondary N) is 1. The Morgan fingerprint density at radius 1 is 1.67 bits per heavy atom. The average Bonchev–Trinajstić information content (AvgIpc) is 2.50. The van der Waals surface area contributed by atoms with E-state index < -0.39 is 0 Å². The van der Waals surface area contributed by atoms with Gasteiger partial charge in [-0.15, -0.1) is 0 Å². The molecule has 0 aliphatic carbocycles. The van der Waals surface area contributed by atoms with Gasteiger partial charge in [0.25, 0.3) is 0 Å². The van der Waals surface area contributed by atoms with Gasteiger partial charge in [-0.05, 0) is 26.4 Å². The molecule has 0 amide bonds. The summed E-state index contributed by atoms with van der Waals surface area (Å²) in [5, 5.41) is 3.17. The molecule has 1 aliphatic rings. The lowest BCUT2D eigenvalue weighted by Gasteiger charge is -2.20. The lowest BCUT2D eigenvalue weighted by Crippen LogP contribution is -2.35. The summed E-state index contributed by atoms with van der Waals surface area (Å²) in [4.78, 5) is 6.58. The fraction of sp³-hybridized carbons (Fsp3) is 0.889. The molecule has 0 aromatic carbocycles. The molecular weight excluding hydrogens is 150 g/mol. The molecule has 1 atom stereocenters. The predicted octanol–water partition coefficient (Wildman–Crippen LogP) is 0.371. The second-order valence-corrected chi connectivity index (χ2v) is 3.26. The zero-order valence-corrected chi connectivity index (χ0v) is 8.08. The van der Waals surface area contributed by atoms with E-state index in [1.807, 2.05) is 14.1 Å². The third kappa shape index (κ3) is 2.57. The monoisotopic (exact) mass is 169 g/mol. The molecule has 3 heteroatoms. The highest BCUT2D eigenvalue weighted by Crippen LogP contribution is 2.14. The van der Waals surface area contributed by atoms with E-state index >= 15 is 0 Å². The number of likely N-dealkylation sites (N-methyl/N-ethyl adjacent to an activating group) is 1. The first-order chi connectivity index (χ1) is 5.88. The van der Waals surface area contributed by atoms with Crippen LogP contribution in [0.3, 0.4) is 0 Å². The van der Waals surface area contributed by atoms with Gasteiger partial charge in [-0.25, -0.2) is 0 Å². The van der Waals surface area contributed by atoms with E-state index in [4.69, 9.17) is 0 Å². The summed E-state index contributed by atoms with van der Waals surface area (Å²) in [6.45, 7) is 3.46. The Bertz CT molecular complexity index is 145. The average molecular weight is 169 g/mol.